The van der Waals surface area contributed by atoms with E-state index >= 15 is 0 Å². The molecule has 0 radical (unpaired) electrons. The van der Waals surface area contributed by atoms with E-state index in [1.807, 2.05) is 6.07 Å². The monoisotopic (exact) mass is 272 g/mol. The van der Waals surface area contributed by atoms with Crippen LogP contribution in [0.2, 0.25) is 0 Å². The summed E-state index contributed by atoms with van der Waals surface area (Å²) in [6.07, 6.45) is 1.85. The number of hydrogen-bond acceptors (Lipinski definition) is 2. The fourth-order valence-electron chi connectivity index (χ4n) is 2.47. The van der Waals surface area contributed by atoms with Crippen LogP contribution >= 0.6 is 0 Å². The van der Waals surface area contributed by atoms with Gasteiger partial charge in [-0.3, -0.25) is 0 Å². The molecule has 0 aliphatic rings. The van der Waals surface area contributed by atoms with Crippen molar-refractivity contribution in [2.45, 2.75) is 47.1 Å². The Balaban J connectivity index is 2.50. The lowest BCUT2D eigenvalue weighted by Crippen LogP contribution is -2.05. The molecule has 0 aliphatic carbocycles. The lowest BCUT2D eigenvalue weighted by molar-refractivity contribution is 0.368. The van der Waals surface area contributed by atoms with Gasteiger partial charge in [0.1, 0.15) is 0 Å². The highest BCUT2D eigenvalue weighted by Gasteiger charge is 2.18. The molecule has 0 fully saturated rings. The van der Waals surface area contributed by atoms with Crippen molar-refractivity contribution in [1.82, 2.24) is 9.78 Å². The van der Waals surface area contributed by atoms with E-state index in [9.17, 15) is 5.11 Å². The first-order valence-corrected chi connectivity index (χ1v) is 7.38. The van der Waals surface area contributed by atoms with Crippen molar-refractivity contribution in [3.63, 3.8) is 0 Å². The molecule has 2 aromatic rings. The molecule has 1 aromatic carbocycles. The second-order valence-electron chi connectivity index (χ2n) is 5.85. The standard InChI is InChI=1S/C17H24N2O/c1-5-7-15-16(14-9-6-8-13(4)10-14)18-19(17(15)20)11-12(2)3/h6,8-10,12,20H,5,7,11H2,1-4H3. The van der Waals surface area contributed by atoms with Gasteiger partial charge in [0.15, 0.2) is 0 Å². The van der Waals surface area contributed by atoms with Crippen LogP contribution in [-0.2, 0) is 13.0 Å². The summed E-state index contributed by atoms with van der Waals surface area (Å²) in [4.78, 5) is 0. The molecule has 0 unspecified atom stereocenters. The van der Waals surface area contributed by atoms with Crippen molar-refractivity contribution in [1.29, 1.82) is 0 Å². The Hall–Kier alpha value is -1.77. The molecule has 0 amide bonds. The lowest BCUT2D eigenvalue weighted by atomic mass is 10.0. The third kappa shape index (κ3) is 3.03. The van der Waals surface area contributed by atoms with Crippen molar-refractivity contribution >= 4 is 0 Å². The first kappa shape index (κ1) is 14.6. The molecule has 20 heavy (non-hydrogen) atoms. The summed E-state index contributed by atoms with van der Waals surface area (Å²) in [5.74, 6) is 0.790. The maximum Gasteiger partial charge on any atom is 0.213 e. The molecule has 1 N–H and O–H groups in total. The van der Waals surface area contributed by atoms with Crippen molar-refractivity contribution in [3.8, 4) is 17.1 Å². The predicted octanol–water partition coefficient (Wildman–Crippen LogP) is 4.17. The minimum Gasteiger partial charge on any atom is -0.493 e. The van der Waals surface area contributed by atoms with Crippen LogP contribution < -0.4 is 0 Å². The number of nitrogens with zero attached hydrogens (tertiary/aromatic N) is 2. The van der Waals surface area contributed by atoms with Gasteiger partial charge in [0.05, 0.1) is 5.69 Å². The molecule has 0 atom stereocenters. The number of benzene rings is 1. The summed E-state index contributed by atoms with van der Waals surface area (Å²) in [5.41, 5.74) is 4.20. The fraction of sp³-hybridized carbons (Fsp3) is 0.471. The van der Waals surface area contributed by atoms with Crippen LogP contribution in [0.4, 0.5) is 0 Å². The fourth-order valence-corrected chi connectivity index (χ4v) is 2.47. The van der Waals surface area contributed by atoms with Crippen LogP contribution in [0, 0.1) is 12.8 Å². The van der Waals surface area contributed by atoms with Gasteiger partial charge in [-0.2, -0.15) is 5.10 Å². The Morgan fingerprint density at radius 3 is 2.65 bits per heavy atom. The Morgan fingerprint density at radius 2 is 2.05 bits per heavy atom. The Labute approximate surface area is 121 Å². The zero-order chi connectivity index (χ0) is 14.7. The molecule has 0 bridgehead atoms. The highest BCUT2D eigenvalue weighted by Crippen LogP contribution is 2.31. The molecule has 1 aromatic heterocycles. The number of rotatable bonds is 5. The van der Waals surface area contributed by atoms with E-state index in [4.69, 9.17) is 0 Å². The predicted molar refractivity (Wildman–Crippen MR) is 82.9 cm³/mol. The largest absolute Gasteiger partial charge is 0.493 e. The number of aryl methyl sites for hydroxylation is 1. The van der Waals surface area contributed by atoms with Crippen molar-refractivity contribution in [3.05, 3.63) is 35.4 Å². The normalized spacial score (nSPS) is 11.2. The SMILES string of the molecule is CCCc1c(-c2cccc(C)c2)nn(CC(C)C)c1O. The minimum atomic E-state index is 0.331. The van der Waals surface area contributed by atoms with Gasteiger partial charge >= 0.3 is 0 Å². The van der Waals surface area contributed by atoms with Gasteiger partial charge in [0, 0.05) is 17.7 Å². The van der Waals surface area contributed by atoms with E-state index < -0.39 is 0 Å². The second-order valence-corrected chi connectivity index (χ2v) is 5.85. The Kier molecular flexibility index (Phi) is 4.48. The smallest absolute Gasteiger partial charge is 0.213 e. The summed E-state index contributed by atoms with van der Waals surface area (Å²) in [6.45, 7) is 9.21. The van der Waals surface area contributed by atoms with Gasteiger partial charge in [0.25, 0.3) is 0 Å². The highest BCUT2D eigenvalue weighted by molar-refractivity contribution is 5.66. The Morgan fingerprint density at radius 1 is 1.30 bits per heavy atom. The molecule has 0 saturated heterocycles. The van der Waals surface area contributed by atoms with E-state index in [0.717, 1.165) is 36.2 Å². The minimum absolute atomic E-state index is 0.331. The van der Waals surface area contributed by atoms with E-state index in [0.29, 0.717) is 11.8 Å². The third-order valence-electron chi connectivity index (χ3n) is 3.35. The summed E-state index contributed by atoms with van der Waals surface area (Å²) in [6, 6.07) is 8.31. The molecule has 0 aliphatic heterocycles. The first-order chi connectivity index (χ1) is 9.52. The summed E-state index contributed by atoms with van der Waals surface area (Å²) in [7, 11) is 0. The molecule has 2 rings (SSSR count). The zero-order valence-electron chi connectivity index (χ0n) is 12.8. The lowest BCUT2D eigenvalue weighted by Gasteiger charge is -2.05. The van der Waals surface area contributed by atoms with Crippen molar-refractivity contribution in [2.75, 3.05) is 0 Å². The van der Waals surface area contributed by atoms with Gasteiger partial charge in [-0.1, -0.05) is 51.0 Å². The topological polar surface area (TPSA) is 38.0 Å². The maximum absolute atomic E-state index is 10.4. The summed E-state index contributed by atoms with van der Waals surface area (Å²) < 4.78 is 1.74. The van der Waals surface area contributed by atoms with E-state index in [1.54, 1.807) is 4.68 Å². The first-order valence-electron chi connectivity index (χ1n) is 7.38. The molecular weight excluding hydrogens is 248 g/mol. The van der Waals surface area contributed by atoms with Crippen LogP contribution in [0.5, 0.6) is 5.88 Å². The van der Waals surface area contributed by atoms with E-state index in [2.05, 4.69) is 51.0 Å². The van der Waals surface area contributed by atoms with Crippen LogP contribution in [0.1, 0.15) is 38.3 Å². The summed E-state index contributed by atoms with van der Waals surface area (Å²) in [5, 5.41) is 15.1. The van der Waals surface area contributed by atoms with Gasteiger partial charge < -0.3 is 5.11 Å². The van der Waals surface area contributed by atoms with Crippen molar-refractivity contribution in [2.24, 2.45) is 5.92 Å². The molecule has 0 saturated carbocycles. The van der Waals surface area contributed by atoms with Gasteiger partial charge in [-0.05, 0) is 25.3 Å². The molecule has 0 spiro atoms. The van der Waals surface area contributed by atoms with Gasteiger partial charge in [0.2, 0.25) is 5.88 Å². The van der Waals surface area contributed by atoms with Crippen LogP contribution in [0.25, 0.3) is 11.3 Å². The van der Waals surface area contributed by atoms with E-state index in [-0.39, 0.29) is 0 Å². The second kappa shape index (κ2) is 6.12. The van der Waals surface area contributed by atoms with Crippen LogP contribution in [-0.4, -0.2) is 14.9 Å². The molecule has 1 heterocycles. The average molecular weight is 272 g/mol. The average Bonchev–Trinajstić information content (AvgIpc) is 2.68. The zero-order valence-corrected chi connectivity index (χ0v) is 12.8. The van der Waals surface area contributed by atoms with Gasteiger partial charge in [-0.15, -0.1) is 0 Å². The highest BCUT2D eigenvalue weighted by atomic mass is 16.3. The van der Waals surface area contributed by atoms with Crippen LogP contribution in [0.15, 0.2) is 24.3 Å². The maximum atomic E-state index is 10.4. The molecule has 3 nitrogen and oxygen atoms in total. The number of aromatic hydroxyl groups is 1. The number of hydrogen-bond donors (Lipinski definition) is 1. The van der Waals surface area contributed by atoms with Crippen molar-refractivity contribution < 1.29 is 5.11 Å². The third-order valence-corrected chi connectivity index (χ3v) is 3.35. The van der Waals surface area contributed by atoms with Gasteiger partial charge in [-0.25, -0.2) is 4.68 Å². The Bertz CT molecular complexity index is 585. The van der Waals surface area contributed by atoms with E-state index in [1.165, 1.54) is 5.56 Å². The summed E-state index contributed by atoms with van der Waals surface area (Å²) >= 11 is 0. The number of aromatic nitrogens is 2. The molecule has 3 heteroatoms. The molecular formula is C17H24N2O. The van der Waals surface area contributed by atoms with Crippen LogP contribution in [0.3, 0.4) is 0 Å². The molecule has 108 valence electrons. The quantitative estimate of drug-likeness (QED) is 0.887.